The predicted molar refractivity (Wildman–Crippen MR) is 164 cm³/mol. The number of anilines is 3. The molecule has 41 heavy (non-hydrogen) atoms. The Hall–Kier alpha value is -4.05. The Labute approximate surface area is 244 Å². The molecule has 10 heteroatoms. The molecular formula is C31H30ClN5O3S. The summed E-state index contributed by atoms with van der Waals surface area (Å²) in [6.07, 6.45) is 8.24. The first-order chi connectivity index (χ1) is 19.8. The second kappa shape index (κ2) is 12.6. The van der Waals surface area contributed by atoms with Crippen LogP contribution in [0.1, 0.15) is 39.9 Å². The van der Waals surface area contributed by atoms with Gasteiger partial charge >= 0.3 is 0 Å². The second-order valence-electron chi connectivity index (χ2n) is 9.88. The summed E-state index contributed by atoms with van der Waals surface area (Å²) in [4.78, 5) is 21.7. The predicted octanol–water partition coefficient (Wildman–Crippen LogP) is 6.13. The third-order valence-corrected chi connectivity index (χ3v) is 9.45. The maximum absolute atomic E-state index is 12.9. The van der Waals surface area contributed by atoms with Crippen molar-refractivity contribution in [1.29, 1.82) is 0 Å². The normalized spacial score (nSPS) is 14.2. The Morgan fingerprint density at radius 2 is 1.66 bits per heavy atom. The number of hydrogen-bond acceptors (Lipinski definition) is 7. The van der Waals surface area contributed by atoms with Gasteiger partial charge in [0, 0.05) is 39.9 Å². The fourth-order valence-electron chi connectivity index (χ4n) is 4.57. The van der Waals surface area contributed by atoms with E-state index in [1.54, 1.807) is 60.9 Å². The van der Waals surface area contributed by atoms with Crippen LogP contribution in [0.3, 0.4) is 0 Å². The van der Waals surface area contributed by atoms with Gasteiger partial charge in [-0.15, -0.1) is 0 Å². The van der Waals surface area contributed by atoms with Crippen LogP contribution >= 0.6 is 11.6 Å². The third kappa shape index (κ3) is 7.18. The topological polar surface area (TPSA) is 113 Å². The smallest absolute Gasteiger partial charge is 0.255 e. The molecule has 2 heterocycles. The van der Waals surface area contributed by atoms with Crippen molar-refractivity contribution in [2.75, 3.05) is 23.7 Å². The molecule has 1 aromatic heterocycles. The lowest BCUT2D eigenvalue weighted by Gasteiger charge is -2.22. The summed E-state index contributed by atoms with van der Waals surface area (Å²) < 4.78 is 25.8. The van der Waals surface area contributed by atoms with E-state index in [-0.39, 0.29) is 11.2 Å². The highest BCUT2D eigenvalue weighted by Crippen LogP contribution is 2.25. The molecule has 0 aliphatic carbocycles. The van der Waals surface area contributed by atoms with E-state index < -0.39 is 9.84 Å². The molecule has 1 aliphatic rings. The van der Waals surface area contributed by atoms with E-state index in [0.717, 1.165) is 29.8 Å². The average molecular weight is 588 g/mol. The Balaban J connectivity index is 1.21. The van der Waals surface area contributed by atoms with Gasteiger partial charge in [0.25, 0.3) is 5.91 Å². The number of benzene rings is 3. The van der Waals surface area contributed by atoms with Crippen molar-refractivity contribution < 1.29 is 13.2 Å². The first kappa shape index (κ1) is 28.5. The van der Waals surface area contributed by atoms with Crippen molar-refractivity contribution in [3.63, 3.8) is 0 Å². The number of nitrogens with zero attached hydrogens (tertiary/aromatic N) is 2. The summed E-state index contributed by atoms with van der Waals surface area (Å²) in [6.45, 7) is 3.38. The lowest BCUT2D eigenvalue weighted by molar-refractivity contribution is 0.102. The number of halogens is 1. The molecular weight excluding hydrogens is 558 g/mol. The minimum absolute atomic E-state index is 0.194. The maximum atomic E-state index is 12.9. The number of nitrogens with one attached hydrogen (secondary N) is 3. The van der Waals surface area contributed by atoms with Crippen molar-refractivity contribution in [2.45, 2.75) is 29.9 Å². The van der Waals surface area contributed by atoms with Crippen LogP contribution in [-0.2, 0) is 9.84 Å². The van der Waals surface area contributed by atoms with Gasteiger partial charge in [-0.3, -0.25) is 4.79 Å². The van der Waals surface area contributed by atoms with Gasteiger partial charge in [-0.05, 0) is 93.0 Å². The Kier molecular flexibility index (Phi) is 8.78. The van der Waals surface area contributed by atoms with Crippen LogP contribution in [0.4, 0.5) is 17.3 Å². The molecule has 1 fully saturated rings. The Morgan fingerprint density at radius 1 is 0.951 bits per heavy atom. The van der Waals surface area contributed by atoms with Crippen LogP contribution in [-0.4, -0.2) is 42.6 Å². The number of rotatable bonds is 8. The summed E-state index contributed by atoms with van der Waals surface area (Å²) in [5, 5.41) is 9.41. The first-order valence-corrected chi connectivity index (χ1v) is 15.2. The van der Waals surface area contributed by atoms with Gasteiger partial charge in [-0.25, -0.2) is 18.4 Å². The van der Waals surface area contributed by atoms with E-state index in [4.69, 9.17) is 11.6 Å². The molecule has 0 saturated carbocycles. The molecule has 1 aliphatic heterocycles. The number of piperidine rings is 1. The molecule has 5 rings (SSSR count). The van der Waals surface area contributed by atoms with Gasteiger partial charge in [0.05, 0.1) is 10.1 Å². The van der Waals surface area contributed by atoms with Crippen LogP contribution in [0.5, 0.6) is 0 Å². The molecule has 1 amide bonds. The van der Waals surface area contributed by atoms with Gasteiger partial charge in [-0.1, -0.05) is 41.4 Å². The molecule has 4 aromatic rings. The van der Waals surface area contributed by atoms with Crippen molar-refractivity contribution in [1.82, 2.24) is 15.3 Å². The molecule has 3 aromatic carbocycles. The molecule has 210 valence electrons. The summed E-state index contributed by atoms with van der Waals surface area (Å²) in [6, 6.07) is 19.4. The standard InChI is InChI=1S/C31H30ClN5O3S/c1-21-3-2-4-24(17-21)30(38)36-26-9-12-29(32)23(18-26)6-5-22-19-34-31(35-20-22)37-25-7-10-27(11-8-25)41(39,40)28-13-15-33-16-14-28/h2-12,17-20,28,33H,13-16H2,1H3,(H,36,38)(H,34,35,37)/b6-5+. The first-order valence-electron chi connectivity index (χ1n) is 13.3. The van der Waals surface area contributed by atoms with Crippen LogP contribution in [0.2, 0.25) is 5.02 Å². The molecule has 8 nitrogen and oxygen atoms in total. The lowest BCUT2D eigenvalue weighted by atomic mass is 10.1. The van der Waals surface area contributed by atoms with Crippen molar-refractivity contribution in [3.8, 4) is 0 Å². The summed E-state index contributed by atoms with van der Waals surface area (Å²) in [7, 11) is -3.35. The lowest BCUT2D eigenvalue weighted by Crippen LogP contribution is -2.35. The van der Waals surface area contributed by atoms with Crippen molar-refractivity contribution >= 4 is 56.8 Å². The number of sulfone groups is 1. The number of carbonyl (C=O) groups is 1. The monoisotopic (exact) mass is 587 g/mol. The van der Waals surface area contributed by atoms with Gasteiger partial charge in [0.2, 0.25) is 5.95 Å². The zero-order valence-corrected chi connectivity index (χ0v) is 24.0. The van der Waals surface area contributed by atoms with Crippen LogP contribution in [0.15, 0.2) is 84.0 Å². The highest BCUT2D eigenvalue weighted by atomic mass is 35.5. The van der Waals surface area contributed by atoms with Gasteiger partial charge < -0.3 is 16.0 Å². The van der Waals surface area contributed by atoms with Gasteiger partial charge in [-0.2, -0.15) is 0 Å². The molecule has 0 atom stereocenters. The fourth-order valence-corrected chi connectivity index (χ4v) is 6.51. The largest absolute Gasteiger partial charge is 0.324 e. The van der Waals surface area contributed by atoms with Gasteiger partial charge in [0.15, 0.2) is 9.84 Å². The van der Waals surface area contributed by atoms with E-state index in [1.807, 2.05) is 37.3 Å². The summed E-state index contributed by atoms with van der Waals surface area (Å²) in [5.74, 6) is 0.190. The molecule has 3 N–H and O–H groups in total. The molecule has 0 radical (unpaired) electrons. The number of hydrogen-bond donors (Lipinski definition) is 3. The fraction of sp³-hybridized carbons (Fsp3) is 0.194. The molecule has 0 unspecified atom stereocenters. The molecule has 0 bridgehead atoms. The quantitative estimate of drug-likeness (QED) is 0.227. The Bertz CT molecular complexity index is 1670. The zero-order chi connectivity index (χ0) is 28.8. The van der Waals surface area contributed by atoms with Crippen LogP contribution in [0.25, 0.3) is 12.2 Å². The minimum Gasteiger partial charge on any atom is -0.324 e. The third-order valence-electron chi connectivity index (χ3n) is 6.83. The average Bonchev–Trinajstić information content (AvgIpc) is 2.99. The number of aryl methyl sites for hydroxylation is 1. The second-order valence-corrected chi connectivity index (χ2v) is 12.5. The van der Waals surface area contributed by atoms with Crippen LogP contribution < -0.4 is 16.0 Å². The zero-order valence-electron chi connectivity index (χ0n) is 22.5. The van der Waals surface area contributed by atoms with Gasteiger partial charge in [0.1, 0.15) is 0 Å². The minimum atomic E-state index is -3.35. The van der Waals surface area contributed by atoms with E-state index in [0.29, 0.717) is 45.6 Å². The van der Waals surface area contributed by atoms with Crippen molar-refractivity contribution in [3.05, 3.63) is 106 Å². The highest BCUT2D eigenvalue weighted by molar-refractivity contribution is 7.92. The highest BCUT2D eigenvalue weighted by Gasteiger charge is 2.28. The summed E-state index contributed by atoms with van der Waals surface area (Å²) >= 11 is 6.39. The SMILES string of the molecule is Cc1cccc(C(=O)Nc2ccc(Cl)c(/C=C/c3cnc(Nc4ccc(S(=O)(=O)C5CCNCC5)cc4)nc3)c2)c1. The van der Waals surface area contributed by atoms with E-state index in [1.165, 1.54) is 0 Å². The number of aromatic nitrogens is 2. The number of amides is 1. The maximum Gasteiger partial charge on any atom is 0.255 e. The molecule has 0 spiro atoms. The van der Waals surface area contributed by atoms with Crippen molar-refractivity contribution in [2.24, 2.45) is 0 Å². The molecule has 1 saturated heterocycles. The Morgan fingerprint density at radius 3 is 2.37 bits per heavy atom. The summed E-state index contributed by atoms with van der Waals surface area (Å²) in [5.41, 5.74) is 4.40. The van der Waals surface area contributed by atoms with E-state index in [2.05, 4.69) is 25.9 Å². The van der Waals surface area contributed by atoms with E-state index in [9.17, 15) is 13.2 Å². The number of carbonyl (C=O) groups excluding carboxylic acids is 1. The van der Waals surface area contributed by atoms with E-state index >= 15 is 0 Å². The van der Waals surface area contributed by atoms with Crippen LogP contribution in [0, 0.1) is 6.92 Å².